The smallest absolute Gasteiger partial charge is 0.162 e. The second-order valence-electron chi connectivity index (χ2n) is 12.4. The van der Waals surface area contributed by atoms with Gasteiger partial charge in [0.1, 0.15) is 11.1 Å². The Hall–Kier alpha value is -6.38. The molecule has 0 spiro atoms. The van der Waals surface area contributed by atoms with Gasteiger partial charge >= 0.3 is 0 Å². The highest BCUT2D eigenvalue weighted by molar-refractivity contribution is 6.27. The van der Waals surface area contributed by atoms with E-state index < -0.39 is 0 Å². The van der Waals surface area contributed by atoms with Crippen LogP contribution in [0.3, 0.4) is 0 Å². The molecule has 0 aliphatic carbocycles. The van der Waals surface area contributed by atoms with Crippen LogP contribution in [-0.2, 0) is 0 Å². The quantitative estimate of drug-likeness (QED) is 0.181. The first kappa shape index (κ1) is 26.8. The number of para-hydroxylation sites is 2. The van der Waals surface area contributed by atoms with Crippen molar-refractivity contribution in [2.75, 3.05) is 0 Å². The van der Waals surface area contributed by atoms with Crippen LogP contribution in [0.4, 0.5) is 0 Å². The predicted molar refractivity (Wildman–Crippen MR) is 202 cm³/mol. The van der Waals surface area contributed by atoms with Crippen molar-refractivity contribution in [2.45, 2.75) is 0 Å². The van der Waals surface area contributed by atoms with Crippen LogP contribution in [0, 0.1) is 0 Å². The summed E-state index contributed by atoms with van der Waals surface area (Å²) in [4.78, 5) is 0. The predicted octanol–water partition coefficient (Wildman–Crippen LogP) is 12.8. The summed E-state index contributed by atoms with van der Waals surface area (Å²) in [5.41, 5.74) is 12.4. The molecule has 0 unspecified atom stereocenters. The van der Waals surface area contributed by atoms with Crippen LogP contribution in [0.25, 0.3) is 93.6 Å². The Morgan fingerprint density at radius 3 is 1.65 bits per heavy atom. The number of benzene rings is 8. The first-order valence-corrected chi connectivity index (χ1v) is 16.4. The Morgan fingerprint density at radius 1 is 0.396 bits per heavy atom. The molecule has 0 radical (unpaired) electrons. The van der Waals surface area contributed by atoms with E-state index in [-0.39, 0.29) is 0 Å². The van der Waals surface area contributed by atoms with Gasteiger partial charge < -0.3 is 8.98 Å². The van der Waals surface area contributed by atoms with Gasteiger partial charge in [-0.2, -0.15) is 0 Å². The normalized spacial score (nSPS) is 11.8. The molecular formula is C46H29NO. The van der Waals surface area contributed by atoms with Crippen molar-refractivity contribution in [3.63, 3.8) is 0 Å². The van der Waals surface area contributed by atoms with Gasteiger partial charge in [0.2, 0.25) is 0 Å². The maximum atomic E-state index is 6.78. The van der Waals surface area contributed by atoms with Gasteiger partial charge in [-0.1, -0.05) is 140 Å². The fourth-order valence-corrected chi connectivity index (χ4v) is 7.78. The lowest BCUT2D eigenvalue weighted by molar-refractivity contribution is 0.673. The fraction of sp³-hybridized carbons (Fsp3) is 0. The molecule has 224 valence electrons. The topological polar surface area (TPSA) is 18.1 Å². The Kier molecular flexibility index (Phi) is 5.91. The van der Waals surface area contributed by atoms with Gasteiger partial charge in [0, 0.05) is 11.1 Å². The van der Waals surface area contributed by atoms with Crippen molar-refractivity contribution in [3.05, 3.63) is 176 Å². The molecule has 48 heavy (non-hydrogen) atoms. The highest BCUT2D eigenvalue weighted by Crippen LogP contribution is 2.48. The van der Waals surface area contributed by atoms with Gasteiger partial charge in [-0.25, -0.2) is 0 Å². The number of nitrogens with zero attached hydrogens (tertiary/aromatic N) is 1. The van der Waals surface area contributed by atoms with Gasteiger partial charge in [0.05, 0.1) is 10.9 Å². The highest BCUT2D eigenvalue weighted by atomic mass is 16.3. The second-order valence-corrected chi connectivity index (χ2v) is 12.4. The van der Waals surface area contributed by atoms with Gasteiger partial charge in [-0.05, 0) is 91.3 Å². The average Bonchev–Trinajstić information content (AvgIpc) is 3.69. The number of furan rings is 1. The summed E-state index contributed by atoms with van der Waals surface area (Å²) >= 11 is 0. The van der Waals surface area contributed by atoms with E-state index in [1.807, 2.05) is 6.07 Å². The molecular weight excluding hydrogens is 583 g/mol. The van der Waals surface area contributed by atoms with E-state index in [9.17, 15) is 0 Å². The highest BCUT2D eigenvalue weighted by Gasteiger charge is 2.24. The van der Waals surface area contributed by atoms with E-state index in [1.54, 1.807) is 0 Å². The average molecular weight is 612 g/mol. The number of fused-ring (bicyclic) bond motifs is 7. The molecule has 0 aliphatic rings. The Bertz CT molecular complexity index is 2760. The molecule has 0 fully saturated rings. The van der Waals surface area contributed by atoms with Gasteiger partial charge in [0.15, 0.2) is 5.58 Å². The first-order chi connectivity index (χ1) is 23.8. The molecule has 2 heterocycles. The van der Waals surface area contributed by atoms with Crippen molar-refractivity contribution < 1.29 is 4.42 Å². The monoisotopic (exact) mass is 611 g/mol. The lowest BCUT2D eigenvalue weighted by atomic mass is 9.84. The largest absolute Gasteiger partial charge is 0.454 e. The van der Waals surface area contributed by atoms with Crippen molar-refractivity contribution in [1.29, 1.82) is 0 Å². The van der Waals surface area contributed by atoms with E-state index in [0.717, 1.165) is 38.7 Å². The van der Waals surface area contributed by atoms with Crippen molar-refractivity contribution in [2.24, 2.45) is 0 Å². The van der Waals surface area contributed by atoms with Gasteiger partial charge in [-0.3, -0.25) is 0 Å². The van der Waals surface area contributed by atoms with Crippen LogP contribution in [0.1, 0.15) is 0 Å². The van der Waals surface area contributed by atoms with Crippen LogP contribution in [-0.4, -0.2) is 4.57 Å². The zero-order chi connectivity index (χ0) is 31.6. The Labute approximate surface area is 277 Å². The summed E-state index contributed by atoms with van der Waals surface area (Å²) < 4.78 is 9.15. The van der Waals surface area contributed by atoms with E-state index in [0.29, 0.717) is 0 Å². The SMILES string of the molecule is c1ccc(-c2cccc(-c3c4ccccc4c(-c4cccc5c4c4oc6ccccc6c4n5-c4ccccc4)c4ccccc34)c2)cc1. The summed E-state index contributed by atoms with van der Waals surface area (Å²) in [6, 6.07) is 63.1. The number of hydrogen-bond acceptors (Lipinski definition) is 1. The maximum Gasteiger partial charge on any atom is 0.162 e. The molecule has 2 heteroatoms. The van der Waals surface area contributed by atoms with E-state index in [2.05, 4.69) is 174 Å². The molecule has 0 aliphatic heterocycles. The standard InChI is InChI=1S/C46H29NO/c1-3-15-30(16-4-1)31-17-13-18-32(29-31)42-34-21-7-9-23-36(34)43(37-24-10-8-22-35(37)42)39-26-14-27-40-44(39)46-45(38-25-11-12-28-41(38)48-46)47(40)33-19-5-2-6-20-33/h1-29H. The van der Waals surface area contributed by atoms with Crippen molar-refractivity contribution in [3.8, 4) is 39.1 Å². The first-order valence-electron chi connectivity index (χ1n) is 16.4. The fourth-order valence-electron chi connectivity index (χ4n) is 7.78. The molecule has 0 N–H and O–H groups in total. The van der Waals surface area contributed by atoms with Crippen LogP contribution in [0.5, 0.6) is 0 Å². The molecule has 2 nitrogen and oxygen atoms in total. The van der Waals surface area contributed by atoms with Crippen molar-refractivity contribution >= 4 is 54.5 Å². The molecule has 0 atom stereocenters. The molecule has 10 rings (SSSR count). The Morgan fingerprint density at radius 2 is 0.938 bits per heavy atom. The van der Waals surface area contributed by atoms with E-state index >= 15 is 0 Å². The van der Waals surface area contributed by atoms with E-state index in [1.165, 1.54) is 54.9 Å². The second kappa shape index (κ2) is 10.6. The lowest BCUT2D eigenvalue weighted by Gasteiger charge is -2.19. The minimum atomic E-state index is 0.896. The van der Waals surface area contributed by atoms with E-state index in [4.69, 9.17) is 4.42 Å². The summed E-state index contributed by atoms with van der Waals surface area (Å²) in [6.45, 7) is 0. The number of hydrogen-bond donors (Lipinski definition) is 0. The molecule has 2 aromatic heterocycles. The summed E-state index contributed by atoms with van der Waals surface area (Å²) in [5, 5.41) is 7.15. The lowest BCUT2D eigenvalue weighted by Crippen LogP contribution is -1.94. The molecule has 0 amide bonds. The third-order valence-electron chi connectivity index (χ3n) is 9.78. The third-order valence-corrected chi connectivity index (χ3v) is 9.78. The van der Waals surface area contributed by atoms with Gasteiger partial charge in [-0.15, -0.1) is 0 Å². The molecule has 10 aromatic rings. The molecule has 8 aromatic carbocycles. The van der Waals surface area contributed by atoms with Crippen LogP contribution in [0.2, 0.25) is 0 Å². The third kappa shape index (κ3) is 3.93. The Balaban J connectivity index is 1.34. The molecule has 0 saturated heterocycles. The molecule has 0 bridgehead atoms. The minimum Gasteiger partial charge on any atom is -0.454 e. The number of aromatic nitrogens is 1. The zero-order valence-corrected chi connectivity index (χ0v) is 26.1. The molecule has 0 saturated carbocycles. The van der Waals surface area contributed by atoms with Crippen LogP contribution < -0.4 is 0 Å². The number of rotatable bonds is 4. The van der Waals surface area contributed by atoms with Crippen molar-refractivity contribution in [1.82, 2.24) is 4.57 Å². The summed E-state index contributed by atoms with van der Waals surface area (Å²) in [6.07, 6.45) is 0. The minimum absolute atomic E-state index is 0.896. The van der Waals surface area contributed by atoms with Gasteiger partial charge in [0.25, 0.3) is 0 Å². The zero-order valence-electron chi connectivity index (χ0n) is 26.1. The maximum absolute atomic E-state index is 6.78. The van der Waals surface area contributed by atoms with Crippen LogP contribution in [0.15, 0.2) is 180 Å². The summed E-state index contributed by atoms with van der Waals surface area (Å²) in [7, 11) is 0. The van der Waals surface area contributed by atoms with Crippen LogP contribution >= 0.6 is 0 Å². The summed E-state index contributed by atoms with van der Waals surface area (Å²) in [5.74, 6) is 0.